The van der Waals surface area contributed by atoms with Crippen LogP contribution >= 0.6 is 0 Å². The molecule has 23 heavy (non-hydrogen) atoms. The van der Waals surface area contributed by atoms with Crippen molar-refractivity contribution in [1.29, 1.82) is 0 Å². The van der Waals surface area contributed by atoms with Gasteiger partial charge in [-0.05, 0) is 44.7 Å². The van der Waals surface area contributed by atoms with Gasteiger partial charge in [0, 0.05) is 12.5 Å². The predicted octanol–water partition coefficient (Wildman–Crippen LogP) is 4.19. The summed E-state index contributed by atoms with van der Waals surface area (Å²) in [6, 6.07) is 10.6. The van der Waals surface area contributed by atoms with E-state index < -0.39 is 5.60 Å². The Hall–Kier alpha value is -1.30. The largest absolute Gasteiger partial charge is 0.384 e. The fourth-order valence-electron chi connectivity index (χ4n) is 3.63. The van der Waals surface area contributed by atoms with E-state index in [2.05, 4.69) is 37.5 Å². The van der Waals surface area contributed by atoms with E-state index in [0.717, 1.165) is 31.5 Å². The Kier molecular flexibility index (Phi) is 6.69. The maximum atomic E-state index is 11.4. The number of benzene rings is 1. The molecule has 0 aromatic heterocycles. The van der Waals surface area contributed by atoms with Gasteiger partial charge in [0.15, 0.2) is 0 Å². The van der Waals surface area contributed by atoms with E-state index in [-0.39, 0.29) is 0 Å². The fraction of sp³-hybridized carbons (Fsp3) is 0.619. The molecule has 1 aromatic rings. The lowest BCUT2D eigenvalue weighted by Gasteiger charge is -2.33. The zero-order chi connectivity index (χ0) is 16.7. The van der Waals surface area contributed by atoms with E-state index in [4.69, 9.17) is 0 Å². The maximum Gasteiger partial charge on any atom is 0.103 e. The van der Waals surface area contributed by atoms with Crippen molar-refractivity contribution in [2.24, 2.45) is 5.92 Å². The lowest BCUT2D eigenvalue weighted by Crippen LogP contribution is -2.33. The highest BCUT2D eigenvalue weighted by Crippen LogP contribution is 2.42. The topological polar surface area (TPSA) is 23.5 Å². The van der Waals surface area contributed by atoms with Gasteiger partial charge in [-0.3, -0.25) is 4.90 Å². The number of aliphatic hydroxyl groups is 1. The summed E-state index contributed by atoms with van der Waals surface area (Å²) in [6.45, 7) is 8.36. The SMILES string of the molecule is CCN(CC#CC[C@@](O)(c1ccccc1)C1CCCC1)C(C)C. The molecule has 0 bridgehead atoms. The van der Waals surface area contributed by atoms with Crippen molar-refractivity contribution in [2.45, 2.75) is 64.5 Å². The second kappa shape index (κ2) is 8.52. The van der Waals surface area contributed by atoms with Crippen LogP contribution in [0.1, 0.15) is 58.4 Å². The third kappa shape index (κ3) is 4.59. The molecular weight excluding hydrogens is 282 g/mol. The summed E-state index contributed by atoms with van der Waals surface area (Å²) in [7, 11) is 0. The zero-order valence-electron chi connectivity index (χ0n) is 14.9. The second-order valence-electron chi connectivity index (χ2n) is 6.96. The van der Waals surface area contributed by atoms with Crippen LogP contribution in [0.15, 0.2) is 30.3 Å². The molecular formula is C21H31NO. The molecule has 1 saturated carbocycles. The van der Waals surface area contributed by atoms with Gasteiger partial charge in [-0.2, -0.15) is 0 Å². The summed E-state index contributed by atoms with van der Waals surface area (Å²) in [6.07, 6.45) is 5.21. The highest BCUT2D eigenvalue weighted by atomic mass is 16.3. The minimum absolute atomic E-state index is 0.339. The number of rotatable bonds is 6. The highest BCUT2D eigenvalue weighted by molar-refractivity contribution is 5.26. The van der Waals surface area contributed by atoms with E-state index in [0.29, 0.717) is 18.4 Å². The smallest absolute Gasteiger partial charge is 0.103 e. The van der Waals surface area contributed by atoms with Gasteiger partial charge in [0.25, 0.3) is 0 Å². The lowest BCUT2D eigenvalue weighted by atomic mass is 9.78. The molecule has 0 spiro atoms. The molecule has 0 heterocycles. The Bertz CT molecular complexity index is 522. The Morgan fingerprint density at radius 1 is 1.17 bits per heavy atom. The summed E-state index contributed by atoms with van der Waals surface area (Å²) in [5.74, 6) is 6.90. The summed E-state index contributed by atoms with van der Waals surface area (Å²) < 4.78 is 0. The van der Waals surface area contributed by atoms with Crippen molar-refractivity contribution < 1.29 is 5.11 Å². The molecule has 0 saturated heterocycles. The second-order valence-corrected chi connectivity index (χ2v) is 6.96. The Balaban J connectivity index is 2.10. The van der Waals surface area contributed by atoms with Gasteiger partial charge in [-0.25, -0.2) is 0 Å². The molecule has 1 aliphatic rings. The van der Waals surface area contributed by atoms with Crippen LogP contribution in [-0.2, 0) is 5.60 Å². The molecule has 1 atom stereocenters. The summed E-state index contributed by atoms with van der Waals surface area (Å²) in [5.41, 5.74) is 0.233. The van der Waals surface area contributed by atoms with E-state index in [1.807, 2.05) is 30.3 Å². The molecule has 2 nitrogen and oxygen atoms in total. The molecule has 1 aromatic carbocycles. The Morgan fingerprint density at radius 2 is 1.83 bits per heavy atom. The van der Waals surface area contributed by atoms with Crippen LogP contribution in [-0.4, -0.2) is 29.1 Å². The van der Waals surface area contributed by atoms with Crippen molar-refractivity contribution in [2.75, 3.05) is 13.1 Å². The van der Waals surface area contributed by atoms with Crippen molar-refractivity contribution >= 4 is 0 Å². The monoisotopic (exact) mass is 313 g/mol. The van der Waals surface area contributed by atoms with E-state index >= 15 is 0 Å². The maximum absolute atomic E-state index is 11.4. The van der Waals surface area contributed by atoms with Crippen LogP contribution in [0.5, 0.6) is 0 Å². The first kappa shape index (κ1) is 18.0. The summed E-state index contributed by atoms with van der Waals surface area (Å²) in [5, 5.41) is 11.4. The standard InChI is InChI=1S/C21H31NO/c1-4-22(18(2)3)17-11-10-16-21(23,20-14-8-9-15-20)19-12-6-5-7-13-19/h5-7,12-13,18,20,23H,4,8-9,14-17H2,1-3H3/t21-/m1/s1. The molecule has 0 amide bonds. The molecule has 0 aliphatic heterocycles. The van der Waals surface area contributed by atoms with Crippen LogP contribution in [0, 0.1) is 17.8 Å². The van der Waals surface area contributed by atoms with Crippen molar-refractivity contribution in [1.82, 2.24) is 4.90 Å². The number of nitrogens with zero attached hydrogens (tertiary/aromatic N) is 1. The van der Waals surface area contributed by atoms with E-state index in [1.165, 1.54) is 12.8 Å². The van der Waals surface area contributed by atoms with Gasteiger partial charge in [0.1, 0.15) is 5.60 Å². The van der Waals surface area contributed by atoms with Gasteiger partial charge in [0.05, 0.1) is 6.54 Å². The van der Waals surface area contributed by atoms with Crippen molar-refractivity contribution in [3.8, 4) is 11.8 Å². The van der Waals surface area contributed by atoms with Crippen LogP contribution < -0.4 is 0 Å². The Labute approximate surface area is 141 Å². The van der Waals surface area contributed by atoms with Gasteiger partial charge in [0.2, 0.25) is 0 Å². The van der Waals surface area contributed by atoms with Gasteiger partial charge in [-0.1, -0.05) is 61.9 Å². The molecule has 126 valence electrons. The number of hydrogen-bond acceptors (Lipinski definition) is 2. The van der Waals surface area contributed by atoms with Crippen LogP contribution in [0.25, 0.3) is 0 Å². The van der Waals surface area contributed by atoms with E-state index in [1.54, 1.807) is 0 Å². The predicted molar refractivity (Wildman–Crippen MR) is 97.1 cm³/mol. The minimum atomic E-state index is -0.792. The fourth-order valence-corrected chi connectivity index (χ4v) is 3.63. The molecule has 1 aliphatic carbocycles. The van der Waals surface area contributed by atoms with Gasteiger partial charge >= 0.3 is 0 Å². The molecule has 1 N–H and O–H groups in total. The molecule has 0 radical (unpaired) electrons. The van der Waals surface area contributed by atoms with Crippen molar-refractivity contribution in [3.63, 3.8) is 0 Å². The third-order valence-corrected chi connectivity index (χ3v) is 5.21. The first-order chi connectivity index (χ1) is 11.1. The molecule has 2 heteroatoms. The van der Waals surface area contributed by atoms with E-state index in [9.17, 15) is 5.11 Å². The third-order valence-electron chi connectivity index (χ3n) is 5.21. The minimum Gasteiger partial charge on any atom is -0.384 e. The van der Waals surface area contributed by atoms with Crippen LogP contribution in [0.2, 0.25) is 0 Å². The van der Waals surface area contributed by atoms with Gasteiger partial charge in [-0.15, -0.1) is 0 Å². The highest BCUT2D eigenvalue weighted by Gasteiger charge is 2.39. The normalized spacial score (nSPS) is 18.0. The summed E-state index contributed by atoms with van der Waals surface area (Å²) in [4.78, 5) is 2.34. The van der Waals surface area contributed by atoms with Gasteiger partial charge < -0.3 is 5.11 Å². The average molecular weight is 313 g/mol. The molecule has 1 fully saturated rings. The average Bonchev–Trinajstić information content (AvgIpc) is 3.10. The number of hydrogen-bond donors (Lipinski definition) is 1. The lowest BCUT2D eigenvalue weighted by molar-refractivity contribution is -0.0173. The molecule has 2 rings (SSSR count). The summed E-state index contributed by atoms with van der Waals surface area (Å²) >= 11 is 0. The van der Waals surface area contributed by atoms with Crippen molar-refractivity contribution in [3.05, 3.63) is 35.9 Å². The van der Waals surface area contributed by atoms with Crippen LogP contribution in [0.4, 0.5) is 0 Å². The quantitative estimate of drug-likeness (QED) is 0.796. The zero-order valence-corrected chi connectivity index (χ0v) is 14.9. The first-order valence-corrected chi connectivity index (χ1v) is 9.05. The Morgan fingerprint density at radius 3 is 2.39 bits per heavy atom. The van der Waals surface area contributed by atoms with Crippen LogP contribution in [0.3, 0.4) is 0 Å². The molecule has 0 unspecified atom stereocenters. The first-order valence-electron chi connectivity index (χ1n) is 9.05.